The molecule has 0 unspecified atom stereocenters. The predicted molar refractivity (Wildman–Crippen MR) is 56.8 cm³/mol. The Bertz CT molecular complexity index is 478. The van der Waals surface area contributed by atoms with Crippen LogP contribution in [0, 0.1) is 11.3 Å². The van der Waals surface area contributed by atoms with Crippen LogP contribution in [0.4, 0.5) is 8.78 Å². The largest absolute Gasteiger partial charge is 0.465 e. The van der Waals surface area contributed by atoms with E-state index in [2.05, 4.69) is 4.74 Å². The Balaban J connectivity index is 3.45. The van der Waals surface area contributed by atoms with Crippen molar-refractivity contribution in [2.24, 2.45) is 0 Å². The number of alkyl halides is 2. The summed E-state index contributed by atoms with van der Waals surface area (Å²) in [4.78, 5) is 11.3. The summed E-state index contributed by atoms with van der Waals surface area (Å²) in [5.41, 5.74) is 0.0664. The van der Waals surface area contributed by atoms with Gasteiger partial charge in [0.25, 0.3) is 6.43 Å². The molecule has 0 N–H and O–H groups in total. The van der Waals surface area contributed by atoms with Crippen LogP contribution in [0.5, 0.6) is 0 Å². The maximum Gasteiger partial charge on any atom is 0.339 e. The van der Waals surface area contributed by atoms with Crippen LogP contribution in [0.25, 0.3) is 0 Å². The molecular weight excluding hydrogens is 228 g/mol. The number of methoxy groups -OCH3 is 1. The van der Waals surface area contributed by atoms with Crippen molar-refractivity contribution < 1.29 is 18.3 Å². The molecule has 0 amide bonds. The van der Waals surface area contributed by atoms with Crippen molar-refractivity contribution in [2.45, 2.75) is 19.8 Å². The lowest BCUT2D eigenvalue weighted by Crippen LogP contribution is -2.07. The molecule has 0 saturated heterocycles. The van der Waals surface area contributed by atoms with Crippen LogP contribution in [0.1, 0.15) is 40.4 Å². The van der Waals surface area contributed by atoms with Crippen molar-refractivity contribution in [3.8, 4) is 6.07 Å². The molecule has 0 aliphatic rings. The molecule has 0 aromatic heterocycles. The van der Waals surface area contributed by atoms with E-state index in [-0.39, 0.29) is 16.7 Å². The van der Waals surface area contributed by atoms with Gasteiger partial charge in [-0.1, -0.05) is 6.92 Å². The highest BCUT2D eigenvalue weighted by Crippen LogP contribution is 2.27. The molecule has 0 atom stereocenters. The van der Waals surface area contributed by atoms with Crippen molar-refractivity contribution >= 4 is 5.97 Å². The van der Waals surface area contributed by atoms with Gasteiger partial charge in [-0.2, -0.15) is 5.26 Å². The normalized spacial score (nSPS) is 10.1. The van der Waals surface area contributed by atoms with Crippen LogP contribution in [-0.4, -0.2) is 13.1 Å². The van der Waals surface area contributed by atoms with Gasteiger partial charge in [0.1, 0.15) is 6.07 Å². The molecule has 0 spiro atoms. The number of carbonyl (C=O) groups is 1. The second-order valence-corrected chi connectivity index (χ2v) is 3.35. The number of nitrogens with zero attached hydrogens (tertiary/aromatic N) is 1. The van der Waals surface area contributed by atoms with Crippen LogP contribution in [0.2, 0.25) is 0 Å². The lowest BCUT2D eigenvalue weighted by Gasteiger charge is -2.10. The third kappa shape index (κ3) is 2.59. The molecule has 0 aliphatic heterocycles. The molecule has 0 fully saturated rings. The van der Waals surface area contributed by atoms with Gasteiger partial charge in [0, 0.05) is 5.56 Å². The summed E-state index contributed by atoms with van der Waals surface area (Å²) in [5, 5.41) is 8.87. The van der Waals surface area contributed by atoms with Gasteiger partial charge >= 0.3 is 5.97 Å². The summed E-state index contributed by atoms with van der Waals surface area (Å²) >= 11 is 0. The van der Waals surface area contributed by atoms with Gasteiger partial charge in [-0.05, 0) is 24.1 Å². The third-order valence-electron chi connectivity index (χ3n) is 2.42. The third-order valence-corrected chi connectivity index (χ3v) is 2.42. The first-order valence-electron chi connectivity index (χ1n) is 4.98. The number of halogens is 2. The topological polar surface area (TPSA) is 50.1 Å². The van der Waals surface area contributed by atoms with Crippen molar-refractivity contribution in [2.75, 3.05) is 7.11 Å². The molecule has 0 radical (unpaired) electrons. The smallest absolute Gasteiger partial charge is 0.339 e. The van der Waals surface area contributed by atoms with Crippen molar-refractivity contribution in [3.05, 3.63) is 34.4 Å². The summed E-state index contributed by atoms with van der Waals surface area (Å²) in [6.45, 7) is 1.71. The Morgan fingerprint density at radius 1 is 1.53 bits per heavy atom. The molecule has 0 aliphatic carbocycles. The number of ether oxygens (including phenoxy) is 1. The van der Waals surface area contributed by atoms with E-state index >= 15 is 0 Å². The van der Waals surface area contributed by atoms with E-state index in [9.17, 15) is 13.6 Å². The average molecular weight is 239 g/mol. The van der Waals surface area contributed by atoms with Crippen LogP contribution < -0.4 is 0 Å². The maximum absolute atomic E-state index is 12.8. The summed E-state index contributed by atoms with van der Waals surface area (Å²) in [6.07, 6.45) is -2.31. The van der Waals surface area contributed by atoms with Crippen molar-refractivity contribution in [1.29, 1.82) is 5.26 Å². The molecule has 0 saturated carbocycles. The van der Waals surface area contributed by atoms with Crippen molar-refractivity contribution in [3.63, 3.8) is 0 Å². The minimum absolute atomic E-state index is 0.0538. The monoisotopic (exact) mass is 239 g/mol. The van der Waals surface area contributed by atoms with Crippen molar-refractivity contribution in [1.82, 2.24) is 0 Å². The molecule has 5 heteroatoms. The molecule has 90 valence electrons. The lowest BCUT2D eigenvalue weighted by atomic mass is 9.97. The zero-order chi connectivity index (χ0) is 13.0. The average Bonchev–Trinajstić information content (AvgIpc) is 2.35. The SMILES string of the molecule is CCc1cc(C#N)c(C(=O)OC)cc1C(F)F. The van der Waals surface area contributed by atoms with Gasteiger partial charge in [0.05, 0.1) is 18.2 Å². The Kier molecular flexibility index (Phi) is 4.16. The zero-order valence-electron chi connectivity index (χ0n) is 9.46. The first-order chi connectivity index (χ1) is 8.04. The Labute approximate surface area is 97.6 Å². The van der Waals surface area contributed by atoms with Crippen LogP contribution in [0.15, 0.2) is 12.1 Å². The van der Waals surface area contributed by atoms with Crippen LogP contribution in [0.3, 0.4) is 0 Å². The van der Waals surface area contributed by atoms with Crippen LogP contribution in [-0.2, 0) is 11.2 Å². The van der Waals surface area contributed by atoms with Gasteiger partial charge in [-0.25, -0.2) is 13.6 Å². The molecular formula is C12H11F2NO2. The van der Waals surface area contributed by atoms with E-state index < -0.39 is 12.4 Å². The molecule has 17 heavy (non-hydrogen) atoms. The van der Waals surface area contributed by atoms with E-state index in [0.717, 1.165) is 13.2 Å². The summed E-state index contributed by atoms with van der Waals surface area (Å²) < 4.78 is 30.0. The van der Waals surface area contributed by atoms with Gasteiger partial charge in [0.2, 0.25) is 0 Å². The molecule has 1 rings (SSSR count). The first-order valence-corrected chi connectivity index (χ1v) is 4.98. The number of nitriles is 1. The first kappa shape index (κ1) is 13.1. The highest BCUT2D eigenvalue weighted by atomic mass is 19.3. The Morgan fingerprint density at radius 3 is 2.59 bits per heavy atom. The van der Waals surface area contributed by atoms with E-state index in [4.69, 9.17) is 5.26 Å². The summed E-state index contributed by atoms with van der Waals surface area (Å²) in [7, 11) is 1.14. The second kappa shape index (κ2) is 5.39. The van der Waals surface area contributed by atoms with Gasteiger partial charge in [0.15, 0.2) is 0 Å². The second-order valence-electron chi connectivity index (χ2n) is 3.35. The minimum Gasteiger partial charge on any atom is -0.465 e. The molecule has 1 aromatic carbocycles. The molecule has 0 heterocycles. The number of hydrogen-bond acceptors (Lipinski definition) is 3. The molecule has 3 nitrogen and oxygen atoms in total. The minimum atomic E-state index is -2.68. The number of hydrogen-bond donors (Lipinski definition) is 0. The van der Waals surface area contributed by atoms with Gasteiger partial charge in [-0.3, -0.25) is 0 Å². The summed E-state index contributed by atoms with van der Waals surface area (Å²) in [5.74, 6) is -0.786. The van der Waals surface area contributed by atoms with Gasteiger partial charge < -0.3 is 4.74 Å². The van der Waals surface area contributed by atoms with E-state index in [0.29, 0.717) is 12.0 Å². The number of esters is 1. The van der Waals surface area contributed by atoms with E-state index in [1.165, 1.54) is 6.07 Å². The number of aryl methyl sites for hydroxylation is 1. The van der Waals surface area contributed by atoms with E-state index in [1.807, 2.05) is 0 Å². The standard InChI is InChI=1S/C12H11F2NO2/c1-3-7-4-8(6-15)10(12(16)17-2)5-9(7)11(13)14/h4-5,11H,3H2,1-2H3. The fourth-order valence-corrected chi connectivity index (χ4v) is 1.54. The zero-order valence-corrected chi connectivity index (χ0v) is 9.46. The number of rotatable bonds is 3. The summed E-state index contributed by atoms with van der Waals surface area (Å²) in [6, 6.07) is 4.15. The van der Waals surface area contributed by atoms with Crippen LogP contribution >= 0.6 is 0 Å². The molecule has 1 aromatic rings. The quantitative estimate of drug-likeness (QED) is 0.762. The maximum atomic E-state index is 12.8. The Morgan fingerprint density at radius 2 is 2.18 bits per heavy atom. The fraction of sp³-hybridized carbons (Fsp3) is 0.333. The highest BCUT2D eigenvalue weighted by Gasteiger charge is 2.19. The lowest BCUT2D eigenvalue weighted by molar-refractivity contribution is 0.0600. The fourth-order valence-electron chi connectivity index (χ4n) is 1.54. The predicted octanol–water partition coefficient (Wildman–Crippen LogP) is 2.84. The number of benzene rings is 1. The Hall–Kier alpha value is -1.96. The molecule has 0 bridgehead atoms. The number of carbonyl (C=O) groups excluding carboxylic acids is 1. The van der Waals surface area contributed by atoms with E-state index in [1.54, 1.807) is 13.0 Å². The highest BCUT2D eigenvalue weighted by molar-refractivity contribution is 5.92. The van der Waals surface area contributed by atoms with Gasteiger partial charge in [-0.15, -0.1) is 0 Å².